The van der Waals surface area contributed by atoms with Gasteiger partial charge in [0.05, 0.1) is 32.4 Å². The van der Waals surface area contributed by atoms with Crippen LogP contribution in [0.3, 0.4) is 0 Å². The van der Waals surface area contributed by atoms with E-state index in [9.17, 15) is 14.9 Å². The Bertz CT molecular complexity index is 1360. The Morgan fingerprint density at radius 1 is 1.03 bits per heavy atom. The maximum atomic E-state index is 13.2. The molecule has 0 aliphatic rings. The number of aromatic nitrogens is 1. The lowest BCUT2D eigenvalue weighted by molar-refractivity contribution is -0.384. The highest BCUT2D eigenvalue weighted by atomic mass is 79.9. The van der Waals surface area contributed by atoms with Gasteiger partial charge in [-0.05, 0) is 52.3 Å². The number of benzene rings is 3. The fraction of sp³-hybridized carbons (Fsp3) is 0. The molecule has 1 amide bonds. The van der Waals surface area contributed by atoms with Crippen LogP contribution in [-0.2, 0) is 0 Å². The van der Waals surface area contributed by atoms with E-state index in [1.165, 1.54) is 18.2 Å². The number of carbonyl (C=O) groups excluding carboxylic acids is 1. The lowest BCUT2D eigenvalue weighted by atomic mass is 10.0. The summed E-state index contributed by atoms with van der Waals surface area (Å²) >= 11 is 15.6. The van der Waals surface area contributed by atoms with Gasteiger partial charge >= 0.3 is 0 Å². The van der Waals surface area contributed by atoms with Crippen molar-refractivity contribution in [1.29, 1.82) is 0 Å². The van der Waals surface area contributed by atoms with Crippen molar-refractivity contribution in [2.24, 2.45) is 0 Å². The third kappa shape index (κ3) is 4.39. The van der Waals surface area contributed by atoms with Crippen molar-refractivity contribution in [3.63, 3.8) is 0 Å². The third-order valence-electron chi connectivity index (χ3n) is 4.58. The smallest absolute Gasteiger partial charge is 0.270 e. The molecule has 4 rings (SSSR count). The minimum absolute atomic E-state index is 0.0844. The first-order chi connectivity index (χ1) is 14.8. The molecule has 0 saturated heterocycles. The second-order valence-electron chi connectivity index (χ2n) is 6.57. The van der Waals surface area contributed by atoms with Gasteiger partial charge in [-0.3, -0.25) is 14.9 Å². The first-order valence-corrected chi connectivity index (χ1v) is 10.5. The topological polar surface area (TPSA) is 85.1 Å². The van der Waals surface area contributed by atoms with E-state index in [4.69, 9.17) is 23.2 Å². The van der Waals surface area contributed by atoms with Gasteiger partial charge in [-0.15, -0.1) is 0 Å². The second-order valence-corrected chi connectivity index (χ2v) is 8.27. The zero-order chi connectivity index (χ0) is 22.1. The molecule has 31 heavy (non-hydrogen) atoms. The van der Waals surface area contributed by atoms with E-state index in [2.05, 4.69) is 26.2 Å². The summed E-state index contributed by atoms with van der Waals surface area (Å²) in [5, 5.41) is 15.3. The van der Waals surface area contributed by atoms with Gasteiger partial charge in [0, 0.05) is 32.6 Å². The second kappa shape index (κ2) is 8.63. The summed E-state index contributed by atoms with van der Waals surface area (Å²) < 4.78 is 0.398. The van der Waals surface area contributed by atoms with E-state index in [0.29, 0.717) is 47.9 Å². The predicted octanol–water partition coefficient (Wildman–Crippen LogP) is 7.13. The molecule has 6 nitrogen and oxygen atoms in total. The van der Waals surface area contributed by atoms with Crippen LogP contribution in [0.5, 0.6) is 0 Å². The number of pyridine rings is 1. The van der Waals surface area contributed by atoms with E-state index in [1.54, 1.807) is 36.4 Å². The molecule has 9 heteroatoms. The first-order valence-electron chi connectivity index (χ1n) is 8.94. The molecular formula is C22H12BrCl2N3O3. The lowest BCUT2D eigenvalue weighted by Gasteiger charge is -2.12. The molecule has 1 N–H and O–H groups in total. The largest absolute Gasteiger partial charge is 0.321 e. The average Bonchev–Trinajstić information content (AvgIpc) is 2.74. The van der Waals surface area contributed by atoms with E-state index >= 15 is 0 Å². The molecular weight excluding hydrogens is 505 g/mol. The van der Waals surface area contributed by atoms with Gasteiger partial charge in [-0.2, -0.15) is 0 Å². The third-order valence-corrected chi connectivity index (χ3v) is 5.78. The fourth-order valence-electron chi connectivity index (χ4n) is 3.11. The molecule has 0 unspecified atom stereocenters. The molecule has 0 bridgehead atoms. The van der Waals surface area contributed by atoms with Gasteiger partial charge < -0.3 is 5.32 Å². The maximum absolute atomic E-state index is 13.2. The van der Waals surface area contributed by atoms with Gasteiger partial charge in [-0.1, -0.05) is 41.4 Å². The number of nitrogens with one attached hydrogen (secondary N) is 1. The Labute approximate surface area is 195 Å². The normalized spacial score (nSPS) is 10.8. The Hall–Kier alpha value is -3.00. The van der Waals surface area contributed by atoms with Crippen LogP contribution in [0.15, 0.2) is 71.2 Å². The summed E-state index contributed by atoms with van der Waals surface area (Å²) in [5.74, 6) is -0.389. The molecule has 0 aliphatic carbocycles. The number of rotatable bonds is 4. The minimum atomic E-state index is -0.505. The molecule has 0 aliphatic heterocycles. The van der Waals surface area contributed by atoms with E-state index in [0.717, 1.165) is 0 Å². The number of halogens is 3. The van der Waals surface area contributed by atoms with Crippen molar-refractivity contribution in [2.45, 2.75) is 0 Å². The summed E-state index contributed by atoms with van der Waals surface area (Å²) in [5.41, 5.74) is 2.49. The van der Waals surface area contributed by atoms with Gasteiger partial charge in [0.15, 0.2) is 0 Å². The van der Waals surface area contributed by atoms with Crippen LogP contribution in [0.4, 0.5) is 11.4 Å². The number of nitro groups is 1. The molecule has 1 heterocycles. The quantitative estimate of drug-likeness (QED) is 0.231. The van der Waals surface area contributed by atoms with Crippen molar-refractivity contribution in [2.75, 3.05) is 5.32 Å². The van der Waals surface area contributed by atoms with E-state index < -0.39 is 4.92 Å². The van der Waals surface area contributed by atoms with Crippen molar-refractivity contribution in [1.82, 2.24) is 4.98 Å². The van der Waals surface area contributed by atoms with E-state index in [-0.39, 0.29) is 11.6 Å². The molecule has 0 saturated carbocycles. The minimum Gasteiger partial charge on any atom is -0.321 e. The Morgan fingerprint density at radius 2 is 1.81 bits per heavy atom. The number of para-hydroxylation sites is 1. The fourth-order valence-corrected chi connectivity index (χ4v) is 4.08. The molecule has 1 aromatic heterocycles. The number of fused-ring (bicyclic) bond motifs is 1. The van der Waals surface area contributed by atoms with Gasteiger partial charge in [0.1, 0.15) is 0 Å². The number of carbonyl (C=O) groups is 1. The zero-order valence-electron chi connectivity index (χ0n) is 15.6. The molecule has 0 radical (unpaired) electrons. The summed E-state index contributed by atoms with van der Waals surface area (Å²) in [6.07, 6.45) is 0. The van der Waals surface area contributed by atoms with Crippen LogP contribution in [0.2, 0.25) is 10.0 Å². The van der Waals surface area contributed by atoms with Crippen molar-refractivity contribution >= 4 is 67.3 Å². The monoisotopic (exact) mass is 515 g/mol. The molecule has 154 valence electrons. The predicted molar refractivity (Wildman–Crippen MR) is 126 cm³/mol. The summed E-state index contributed by atoms with van der Waals surface area (Å²) in [6.45, 7) is 0. The van der Waals surface area contributed by atoms with Crippen molar-refractivity contribution < 1.29 is 9.72 Å². The lowest BCUT2D eigenvalue weighted by Crippen LogP contribution is -2.13. The number of anilines is 1. The van der Waals surface area contributed by atoms with Crippen LogP contribution < -0.4 is 5.32 Å². The van der Waals surface area contributed by atoms with Gasteiger partial charge in [0.2, 0.25) is 0 Å². The Morgan fingerprint density at radius 3 is 2.52 bits per heavy atom. The molecule has 4 aromatic rings. The summed E-state index contributed by atoms with van der Waals surface area (Å²) in [6, 6.07) is 18.1. The molecule has 3 aromatic carbocycles. The number of nitrogens with zero attached hydrogens (tertiary/aromatic N) is 2. The Kier molecular flexibility index (Phi) is 5.91. The van der Waals surface area contributed by atoms with Crippen LogP contribution in [0.1, 0.15) is 10.4 Å². The van der Waals surface area contributed by atoms with Crippen LogP contribution in [0.25, 0.3) is 22.2 Å². The highest BCUT2D eigenvalue weighted by Gasteiger charge is 2.17. The maximum Gasteiger partial charge on any atom is 0.270 e. The summed E-state index contributed by atoms with van der Waals surface area (Å²) in [7, 11) is 0. The first kappa shape index (κ1) is 21.2. The SMILES string of the molecule is O=C(Nc1ccc([N+](=O)[O-])cc1Br)c1cc(-c2ccc(Cl)cc2Cl)nc2ccccc12. The molecule has 0 fully saturated rings. The zero-order valence-corrected chi connectivity index (χ0v) is 18.7. The summed E-state index contributed by atoms with van der Waals surface area (Å²) in [4.78, 5) is 28.3. The van der Waals surface area contributed by atoms with Gasteiger partial charge in [-0.25, -0.2) is 4.98 Å². The van der Waals surface area contributed by atoms with Crippen LogP contribution >= 0.6 is 39.1 Å². The Balaban J connectivity index is 1.79. The van der Waals surface area contributed by atoms with Crippen molar-refractivity contribution in [3.8, 4) is 11.3 Å². The highest BCUT2D eigenvalue weighted by molar-refractivity contribution is 9.10. The highest BCUT2D eigenvalue weighted by Crippen LogP contribution is 2.33. The number of hydrogen-bond acceptors (Lipinski definition) is 4. The van der Waals surface area contributed by atoms with Crippen LogP contribution in [-0.4, -0.2) is 15.8 Å². The average molecular weight is 517 g/mol. The van der Waals surface area contributed by atoms with E-state index in [1.807, 2.05) is 12.1 Å². The van der Waals surface area contributed by atoms with Crippen molar-refractivity contribution in [3.05, 3.63) is 96.9 Å². The van der Waals surface area contributed by atoms with Crippen LogP contribution in [0, 0.1) is 10.1 Å². The molecule has 0 spiro atoms. The number of nitro benzene ring substituents is 1. The van der Waals surface area contributed by atoms with Gasteiger partial charge in [0.25, 0.3) is 11.6 Å². The number of amides is 1. The number of non-ortho nitro benzene ring substituents is 1. The number of hydrogen-bond donors (Lipinski definition) is 1. The molecule has 0 atom stereocenters. The standard InChI is InChI=1S/C22H12BrCl2N3O3/c23-17-10-13(28(30)31)6-8-20(17)27-22(29)16-11-21(15-7-5-12(24)9-18(15)25)26-19-4-2-1-3-14(16)19/h1-11H,(H,27,29).